The minimum atomic E-state index is -1.65. The third-order valence-corrected chi connectivity index (χ3v) is 16.7. The molecule has 0 aromatic carbocycles. The largest absolute Gasteiger partial charge is 0.462 e. The first-order chi connectivity index (χ1) is 42.6. The molecule has 0 aromatic rings. The highest BCUT2D eigenvalue weighted by Crippen LogP contribution is 2.26. The highest BCUT2D eigenvalue weighted by molar-refractivity contribution is 5.99. The van der Waals surface area contributed by atoms with Crippen LogP contribution < -0.4 is 21.3 Å². The smallest absolute Gasteiger partial charge is 0.302 e. The Labute approximate surface area is 548 Å². The second-order valence-electron chi connectivity index (χ2n) is 26.7. The molecule has 26 heteroatoms. The molecule has 524 valence electrons. The van der Waals surface area contributed by atoms with Gasteiger partial charge in [0.05, 0.1) is 25.4 Å². The summed E-state index contributed by atoms with van der Waals surface area (Å²) >= 11 is 0. The van der Waals surface area contributed by atoms with Crippen molar-refractivity contribution in [2.24, 2.45) is 35.5 Å². The molecule has 0 spiro atoms. The summed E-state index contributed by atoms with van der Waals surface area (Å²) in [6, 6.07) is -13.1. The van der Waals surface area contributed by atoms with E-state index < -0.39 is 168 Å². The van der Waals surface area contributed by atoms with Gasteiger partial charge in [-0.1, -0.05) is 101 Å². The van der Waals surface area contributed by atoms with E-state index in [0.29, 0.717) is 0 Å². The van der Waals surface area contributed by atoms with Crippen molar-refractivity contribution in [3.63, 3.8) is 0 Å². The first-order valence-corrected chi connectivity index (χ1v) is 32.4. The molecule has 0 aromatic heterocycles. The van der Waals surface area contributed by atoms with Gasteiger partial charge in [0.25, 0.3) is 0 Å². The van der Waals surface area contributed by atoms with Crippen LogP contribution in [0.4, 0.5) is 0 Å². The Morgan fingerprint density at radius 3 is 1.48 bits per heavy atom. The van der Waals surface area contributed by atoms with Gasteiger partial charge in [-0.2, -0.15) is 0 Å². The number of hydrogen-bond acceptors (Lipinski definition) is 15. The van der Waals surface area contributed by atoms with Gasteiger partial charge in [-0.05, 0) is 101 Å². The van der Waals surface area contributed by atoms with Gasteiger partial charge in [0.1, 0.15) is 67.0 Å². The Kier molecular flexibility index (Phi) is 35.1. The van der Waals surface area contributed by atoms with E-state index in [1.165, 1.54) is 109 Å². The lowest BCUT2D eigenvalue weighted by Gasteiger charge is -2.41. The van der Waals surface area contributed by atoms with Crippen molar-refractivity contribution in [1.29, 1.82) is 0 Å². The van der Waals surface area contributed by atoms with Gasteiger partial charge >= 0.3 is 5.97 Å². The third kappa shape index (κ3) is 24.2. The van der Waals surface area contributed by atoms with Crippen molar-refractivity contribution in [1.82, 2.24) is 55.6 Å². The van der Waals surface area contributed by atoms with Gasteiger partial charge in [-0.3, -0.25) is 57.5 Å². The highest BCUT2D eigenvalue weighted by atomic mass is 16.5. The summed E-state index contributed by atoms with van der Waals surface area (Å²) in [5.41, 5.74) is 0. The fourth-order valence-electron chi connectivity index (χ4n) is 11.1. The number of carbonyl (C=O) groups is 12. The van der Waals surface area contributed by atoms with Crippen molar-refractivity contribution in [2.45, 2.75) is 222 Å². The molecule has 26 nitrogen and oxygen atoms in total. The van der Waals surface area contributed by atoms with E-state index in [1.54, 1.807) is 60.6 Å². The Bertz CT molecular complexity index is 2580. The van der Waals surface area contributed by atoms with E-state index in [2.05, 4.69) is 21.3 Å². The fraction of sp³-hybridized carbons (Fsp3) is 0.758. The molecule has 1 saturated heterocycles. The lowest BCUT2D eigenvalue weighted by molar-refractivity contribution is -0.157. The maximum atomic E-state index is 15.2. The van der Waals surface area contributed by atoms with Gasteiger partial charge < -0.3 is 70.1 Å². The minimum Gasteiger partial charge on any atom is -0.462 e. The molecule has 0 radical (unpaired) electrons. The fourth-order valence-corrected chi connectivity index (χ4v) is 11.1. The number of aliphatic hydroxyl groups is 1. The van der Waals surface area contributed by atoms with Crippen LogP contribution in [-0.2, 0) is 67.0 Å². The SMILES string of the molecule is CC=CC[C@@H](C)[C@@H](O)[C@H]1C(=O)N[C@@H](CC)C(=O)N(C)CC(=O)N(C)[C@@H]([C@@H](C)OCC=CCOC(C)=O)C(=O)N[C@@H](C(C)C)C(=O)N(C)[C@@H](CC(C)C)C(=O)N[C@@H](C)C(=O)N[C@H](C)C(=O)N(C)[C@@H](CC(C)C)C(=O)N(C)[C@@H](CC(C)C)C(=O)N(C)[C@@H](C(C)C)C(=O)N1C. The zero-order valence-electron chi connectivity index (χ0n) is 59.7. The zero-order valence-corrected chi connectivity index (χ0v) is 59.7. The molecule has 1 heterocycles. The Morgan fingerprint density at radius 2 is 0.989 bits per heavy atom. The van der Waals surface area contributed by atoms with Crippen molar-refractivity contribution < 1.29 is 72.1 Å². The van der Waals surface area contributed by atoms with Gasteiger partial charge in [0.2, 0.25) is 65.0 Å². The molecule has 0 bridgehead atoms. The summed E-state index contributed by atoms with van der Waals surface area (Å²) in [6.07, 6.45) is 4.59. The van der Waals surface area contributed by atoms with E-state index in [-0.39, 0.29) is 63.1 Å². The van der Waals surface area contributed by atoms with Crippen LogP contribution in [-0.4, -0.2) is 252 Å². The van der Waals surface area contributed by atoms with Crippen molar-refractivity contribution >= 4 is 70.9 Å². The normalized spacial score (nSPS) is 26.1. The quantitative estimate of drug-likeness (QED) is 0.0918. The molecule has 1 fully saturated rings. The molecule has 0 saturated carbocycles. The molecule has 0 aliphatic carbocycles. The molecule has 11 amide bonds. The molecule has 1 aliphatic heterocycles. The van der Waals surface area contributed by atoms with Crippen LogP contribution in [0.15, 0.2) is 24.3 Å². The standard InChI is InChI=1S/C66H115N11O15/c1-25-27-30-42(13)56(80)55-60(84)69-47(26-2)62(86)71(18)36-51(79)75(22)54(45(16)91-31-28-29-32-92-46(17)78)59(83)70-52(40(9)10)65(89)72(19)48(33-37(3)4)58(82)67-43(14)57(81)68-44(15)61(85)73(20)49(34-38(5)6)63(87)74(21)50(35-39(7)8)64(88)76(23)53(41(11)12)66(90)77(55)24/h25,27-29,37-45,47-50,52-56,80H,26,30-36H2,1-24H3,(H,67,82)(H,68,81)(H,69,84)(H,70,83)/t42-,43+,44-,45-,47+,48+,49+,50+,52+,53+,54+,55+,56-/m1/s1. The summed E-state index contributed by atoms with van der Waals surface area (Å²) in [7, 11) is 9.66. The first-order valence-electron chi connectivity index (χ1n) is 32.4. The number of carbonyl (C=O) groups excluding carboxylic acids is 12. The van der Waals surface area contributed by atoms with Gasteiger partial charge in [-0.15, -0.1) is 0 Å². The molecular formula is C66H115N11O15. The predicted octanol–water partition coefficient (Wildman–Crippen LogP) is 2.75. The number of nitrogens with one attached hydrogen (secondary N) is 4. The van der Waals surface area contributed by atoms with E-state index >= 15 is 9.59 Å². The Hall–Kier alpha value is -6.96. The average molecular weight is 1300 g/mol. The molecule has 13 atom stereocenters. The molecule has 1 rings (SSSR count). The van der Waals surface area contributed by atoms with Crippen LogP contribution >= 0.6 is 0 Å². The number of likely N-dealkylation sites (N-methyl/N-ethyl adjacent to an activating group) is 7. The van der Waals surface area contributed by atoms with Crippen LogP contribution in [0.2, 0.25) is 0 Å². The van der Waals surface area contributed by atoms with E-state index in [0.717, 1.165) is 14.7 Å². The number of nitrogens with zero attached hydrogens (tertiary/aromatic N) is 7. The number of aliphatic hydroxyl groups excluding tert-OH is 1. The van der Waals surface area contributed by atoms with Crippen LogP contribution in [0.25, 0.3) is 0 Å². The maximum Gasteiger partial charge on any atom is 0.302 e. The van der Waals surface area contributed by atoms with Crippen molar-refractivity contribution in [3.05, 3.63) is 24.3 Å². The Morgan fingerprint density at radius 1 is 0.522 bits per heavy atom. The number of amides is 11. The first kappa shape index (κ1) is 83.1. The van der Waals surface area contributed by atoms with Gasteiger partial charge in [0.15, 0.2) is 0 Å². The summed E-state index contributed by atoms with van der Waals surface area (Å²) in [5, 5.41) is 23.0. The molecular weight excluding hydrogens is 1190 g/mol. The number of hydrogen-bond donors (Lipinski definition) is 5. The number of allylic oxidation sites excluding steroid dienone is 2. The van der Waals surface area contributed by atoms with E-state index in [9.17, 15) is 53.1 Å². The van der Waals surface area contributed by atoms with Gasteiger partial charge in [-0.25, -0.2) is 0 Å². The predicted molar refractivity (Wildman–Crippen MR) is 350 cm³/mol. The van der Waals surface area contributed by atoms with Crippen molar-refractivity contribution in [3.8, 4) is 0 Å². The average Bonchev–Trinajstić information content (AvgIpc) is 0.831. The topological polar surface area (TPSA) is 314 Å². The van der Waals surface area contributed by atoms with Crippen LogP contribution in [0.3, 0.4) is 0 Å². The molecule has 5 N–H and O–H groups in total. The van der Waals surface area contributed by atoms with Crippen LogP contribution in [0.1, 0.15) is 150 Å². The lowest BCUT2D eigenvalue weighted by Crippen LogP contribution is -2.63. The van der Waals surface area contributed by atoms with Gasteiger partial charge in [0, 0.05) is 56.3 Å². The number of esters is 1. The second kappa shape index (κ2) is 38.9. The monoisotopic (exact) mass is 1300 g/mol. The molecule has 92 heavy (non-hydrogen) atoms. The Balaban J connectivity index is 4.40. The van der Waals surface area contributed by atoms with Crippen LogP contribution in [0.5, 0.6) is 0 Å². The summed E-state index contributed by atoms with van der Waals surface area (Å²) in [6.45, 7) is 27.7. The summed E-state index contributed by atoms with van der Waals surface area (Å²) in [4.78, 5) is 181. The number of ether oxygens (including phenoxy) is 2. The summed E-state index contributed by atoms with van der Waals surface area (Å²) < 4.78 is 11.0. The van der Waals surface area contributed by atoms with Crippen LogP contribution in [0, 0.1) is 35.5 Å². The minimum absolute atomic E-state index is 0.0302. The molecule has 0 unspecified atom stereocenters. The van der Waals surface area contributed by atoms with E-state index in [4.69, 9.17) is 9.47 Å². The number of rotatable bonds is 19. The summed E-state index contributed by atoms with van der Waals surface area (Å²) in [5.74, 6) is -11.0. The third-order valence-electron chi connectivity index (χ3n) is 16.7. The zero-order chi connectivity index (χ0) is 71.1. The lowest BCUT2D eigenvalue weighted by atomic mass is 9.91. The maximum absolute atomic E-state index is 15.2. The molecule has 1 aliphatic rings. The van der Waals surface area contributed by atoms with E-state index in [1.807, 2.05) is 41.5 Å². The highest BCUT2D eigenvalue weighted by Gasteiger charge is 2.46. The second-order valence-corrected chi connectivity index (χ2v) is 26.7. The van der Waals surface area contributed by atoms with Crippen molar-refractivity contribution in [2.75, 3.05) is 69.1 Å².